The minimum atomic E-state index is 0.789. The molecule has 0 unspecified atom stereocenters. The van der Waals surface area contributed by atoms with Gasteiger partial charge in [-0.2, -0.15) is 0 Å². The van der Waals surface area contributed by atoms with Crippen LogP contribution in [-0.4, -0.2) is 0 Å². The lowest BCUT2D eigenvalue weighted by atomic mass is 9.96. The molecule has 0 saturated carbocycles. The van der Waals surface area contributed by atoms with E-state index < -0.39 is 0 Å². The van der Waals surface area contributed by atoms with Gasteiger partial charge in [0.2, 0.25) is 0 Å². The predicted octanol–water partition coefficient (Wildman–Crippen LogP) is 11.5. The third-order valence-corrected chi connectivity index (χ3v) is 9.95. The summed E-state index contributed by atoms with van der Waals surface area (Å²) in [6.45, 7) is 0. The maximum Gasteiger partial charge on any atom is 0.0621 e. The number of fused-ring (bicyclic) bond motifs is 5. The van der Waals surface area contributed by atoms with E-state index in [1.54, 1.807) is 11.8 Å². The third-order valence-electron chi connectivity index (χ3n) is 7.70. The molecule has 0 aromatic heterocycles. The maximum absolute atomic E-state index is 3.42. The SMILES string of the molecule is C1#CC(Sc2c3cc4ccccc4cc3c(Sc3ccccc3)c3cc4cc5ccccc5cc4cc23)=CC=CC1. The van der Waals surface area contributed by atoms with Crippen molar-refractivity contribution in [2.45, 2.75) is 21.1 Å². The van der Waals surface area contributed by atoms with Crippen molar-refractivity contribution in [3.05, 3.63) is 138 Å². The summed E-state index contributed by atoms with van der Waals surface area (Å²) in [5.41, 5.74) is 0. The largest absolute Gasteiger partial charge is 0.0932 e. The van der Waals surface area contributed by atoms with Crippen LogP contribution in [0.3, 0.4) is 0 Å². The molecule has 192 valence electrons. The van der Waals surface area contributed by atoms with Crippen molar-refractivity contribution in [1.82, 2.24) is 0 Å². The molecule has 0 heterocycles. The van der Waals surface area contributed by atoms with E-state index in [1.807, 2.05) is 11.8 Å². The van der Waals surface area contributed by atoms with Crippen molar-refractivity contribution >= 4 is 77.4 Å². The van der Waals surface area contributed by atoms with Crippen molar-refractivity contribution < 1.29 is 0 Å². The van der Waals surface area contributed by atoms with Gasteiger partial charge in [0.1, 0.15) is 0 Å². The zero-order valence-corrected chi connectivity index (χ0v) is 23.9. The Morgan fingerprint density at radius 2 is 0.976 bits per heavy atom. The van der Waals surface area contributed by atoms with Crippen LogP contribution in [0.4, 0.5) is 0 Å². The first-order valence-corrected chi connectivity index (χ1v) is 15.4. The Morgan fingerprint density at radius 3 is 1.56 bits per heavy atom. The van der Waals surface area contributed by atoms with Gasteiger partial charge in [0.15, 0.2) is 0 Å². The van der Waals surface area contributed by atoms with Crippen LogP contribution in [0, 0.1) is 11.8 Å². The Balaban J connectivity index is 1.52. The van der Waals surface area contributed by atoms with Crippen LogP contribution in [0.15, 0.2) is 153 Å². The molecule has 0 bridgehead atoms. The molecule has 1 aliphatic carbocycles. The van der Waals surface area contributed by atoms with E-state index in [9.17, 15) is 0 Å². The second-order valence-electron chi connectivity index (χ2n) is 10.3. The molecule has 0 spiro atoms. The molecule has 2 heteroatoms. The molecule has 0 aliphatic heterocycles. The lowest BCUT2D eigenvalue weighted by molar-refractivity contribution is 1.45. The van der Waals surface area contributed by atoms with Gasteiger partial charge >= 0.3 is 0 Å². The molecule has 0 N–H and O–H groups in total. The van der Waals surface area contributed by atoms with Crippen LogP contribution in [0.5, 0.6) is 0 Å². The molecule has 41 heavy (non-hydrogen) atoms. The fourth-order valence-corrected chi connectivity index (χ4v) is 7.87. The molecular weight excluding hydrogens is 533 g/mol. The maximum atomic E-state index is 3.42. The van der Waals surface area contributed by atoms with Crippen LogP contribution >= 0.6 is 23.5 Å². The number of allylic oxidation sites excluding steroid dienone is 4. The summed E-state index contributed by atoms with van der Waals surface area (Å²) in [6, 6.07) is 42.4. The standard InChI is InChI=1S/C39H24S2/c1-2-5-17-32(16-4-1)40-38-34-22-28-14-10-11-15-29(28)23-35(34)39(41-33-18-6-3-7-19-33)37-25-31-21-27-13-9-8-12-26(27)20-30(31)24-36(37)38/h1,3-4,6-16,18-25H,2H2. The van der Waals surface area contributed by atoms with E-state index in [0.717, 1.165) is 11.3 Å². The van der Waals surface area contributed by atoms with E-state index in [2.05, 4.69) is 145 Å². The van der Waals surface area contributed by atoms with E-state index in [0.29, 0.717) is 0 Å². The van der Waals surface area contributed by atoms with E-state index in [4.69, 9.17) is 0 Å². The molecule has 1 aliphatic rings. The molecule has 0 radical (unpaired) electrons. The van der Waals surface area contributed by atoms with Crippen LogP contribution in [0.2, 0.25) is 0 Å². The number of rotatable bonds is 4. The molecule has 0 saturated heterocycles. The van der Waals surface area contributed by atoms with Crippen molar-refractivity contribution in [3.8, 4) is 11.8 Å². The molecule has 7 aromatic rings. The Morgan fingerprint density at radius 1 is 0.488 bits per heavy atom. The smallest absolute Gasteiger partial charge is 0.0621 e. The van der Waals surface area contributed by atoms with E-state index in [-0.39, 0.29) is 0 Å². The fourth-order valence-electron chi connectivity index (χ4n) is 5.73. The highest BCUT2D eigenvalue weighted by atomic mass is 32.2. The second-order valence-corrected chi connectivity index (χ2v) is 12.5. The van der Waals surface area contributed by atoms with Gasteiger partial charge in [-0.15, -0.1) is 0 Å². The van der Waals surface area contributed by atoms with Gasteiger partial charge in [-0.05, 0) is 108 Å². The highest BCUT2D eigenvalue weighted by Crippen LogP contribution is 2.48. The van der Waals surface area contributed by atoms with Gasteiger partial charge in [0, 0.05) is 21.1 Å². The monoisotopic (exact) mass is 556 g/mol. The third kappa shape index (κ3) is 4.49. The van der Waals surface area contributed by atoms with Crippen molar-refractivity contribution in [3.63, 3.8) is 0 Å². The zero-order chi connectivity index (χ0) is 27.2. The van der Waals surface area contributed by atoms with Crippen LogP contribution in [-0.2, 0) is 0 Å². The van der Waals surface area contributed by atoms with Gasteiger partial charge < -0.3 is 0 Å². The van der Waals surface area contributed by atoms with Gasteiger partial charge in [-0.1, -0.05) is 114 Å². The van der Waals surface area contributed by atoms with Crippen molar-refractivity contribution in [2.75, 3.05) is 0 Å². The summed E-state index contributed by atoms with van der Waals surface area (Å²) >= 11 is 3.66. The first-order chi connectivity index (χ1) is 20.3. The Labute approximate surface area is 247 Å². The minimum Gasteiger partial charge on any atom is -0.0932 e. The molecule has 7 aromatic carbocycles. The number of hydrogen-bond acceptors (Lipinski definition) is 2. The molecule has 0 amide bonds. The summed E-state index contributed by atoms with van der Waals surface area (Å²) < 4.78 is 0. The van der Waals surface area contributed by atoms with Gasteiger partial charge in [-0.3, -0.25) is 0 Å². The van der Waals surface area contributed by atoms with Crippen LogP contribution in [0.1, 0.15) is 6.42 Å². The first kappa shape index (κ1) is 24.4. The van der Waals surface area contributed by atoms with Crippen LogP contribution < -0.4 is 0 Å². The molecule has 0 atom stereocenters. The summed E-state index contributed by atoms with van der Waals surface area (Å²) in [4.78, 5) is 4.89. The van der Waals surface area contributed by atoms with Crippen molar-refractivity contribution in [1.29, 1.82) is 0 Å². The Bertz CT molecular complexity index is 2280. The topological polar surface area (TPSA) is 0 Å². The zero-order valence-electron chi connectivity index (χ0n) is 22.2. The van der Waals surface area contributed by atoms with Gasteiger partial charge in [0.05, 0.1) is 4.91 Å². The minimum absolute atomic E-state index is 0.789. The highest BCUT2D eigenvalue weighted by Gasteiger charge is 2.19. The number of hydrogen-bond donors (Lipinski definition) is 0. The average Bonchev–Trinajstić information content (AvgIpc) is 3.29. The van der Waals surface area contributed by atoms with Crippen LogP contribution in [0.25, 0.3) is 53.9 Å². The summed E-state index contributed by atoms with van der Waals surface area (Å²) in [5.74, 6) is 6.73. The van der Waals surface area contributed by atoms with Gasteiger partial charge in [0.25, 0.3) is 0 Å². The lowest BCUT2D eigenvalue weighted by Crippen LogP contribution is -1.90. The molecule has 0 nitrogen and oxygen atoms in total. The number of thioether (sulfide) groups is 1. The molecule has 0 fully saturated rings. The van der Waals surface area contributed by atoms with E-state index >= 15 is 0 Å². The van der Waals surface area contributed by atoms with Gasteiger partial charge in [-0.25, -0.2) is 0 Å². The molecule has 8 rings (SSSR count). The molecular formula is C39H24S2. The normalized spacial score (nSPS) is 13.0. The summed E-state index contributed by atoms with van der Waals surface area (Å²) in [5, 5.41) is 12.7. The Hall–Kier alpha value is -4.42. The van der Waals surface area contributed by atoms with E-state index in [1.165, 1.54) is 68.5 Å². The van der Waals surface area contributed by atoms with Crippen molar-refractivity contribution in [2.24, 2.45) is 0 Å². The lowest BCUT2D eigenvalue weighted by Gasteiger charge is -2.18. The highest BCUT2D eigenvalue weighted by molar-refractivity contribution is 8.03. The number of benzene rings is 7. The average molecular weight is 557 g/mol. The second kappa shape index (κ2) is 10.2. The summed E-state index contributed by atoms with van der Waals surface area (Å²) in [6.07, 6.45) is 7.19. The summed E-state index contributed by atoms with van der Waals surface area (Å²) in [7, 11) is 0. The fraction of sp³-hybridized carbons (Fsp3) is 0.0256. The quantitative estimate of drug-likeness (QED) is 0.156. The first-order valence-electron chi connectivity index (χ1n) is 13.8. The Kier molecular flexibility index (Phi) is 6.07. The predicted molar refractivity (Wildman–Crippen MR) is 180 cm³/mol.